The van der Waals surface area contributed by atoms with E-state index in [1.165, 1.54) is 0 Å². The van der Waals surface area contributed by atoms with Crippen molar-refractivity contribution in [2.24, 2.45) is 0 Å². The van der Waals surface area contributed by atoms with Crippen molar-refractivity contribution in [3.05, 3.63) is 57.6 Å². The van der Waals surface area contributed by atoms with Gasteiger partial charge >= 0.3 is 15.6 Å². The minimum atomic E-state index is -1.13. The molecule has 0 aliphatic rings. The van der Waals surface area contributed by atoms with E-state index in [2.05, 4.69) is 79.7 Å². The third-order valence-electron chi connectivity index (χ3n) is 5.53. The van der Waals surface area contributed by atoms with E-state index in [1.807, 2.05) is 13.8 Å². The molecule has 0 aromatic heterocycles. The largest absolute Gasteiger partial charge is 0.507 e. The molecule has 0 amide bonds. The van der Waals surface area contributed by atoms with Crippen molar-refractivity contribution in [1.82, 2.24) is 0 Å². The van der Waals surface area contributed by atoms with Crippen LogP contribution in [-0.2, 0) is 14.6 Å². The molecule has 0 saturated heterocycles. The quantitative estimate of drug-likeness (QED) is 0.562. The normalized spacial score (nSPS) is 12.7. The molecule has 0 saturated carbocycles. The molecule has 2 rings (SSSR count). The maximum atomic E-state index is 11.3. The van der Waals surface area contributed by atoms with E-state index in [1.54, 1.807) is 0 Å². The van der Waals surface area contributed by atoms with Gasteiger partial charge in [0.25, 0.3) is 0 Å². The summed E-state index contributed by atoms with van der Waals surface area (Å²) in [6.45, 7) is 20.9. The molecule has 0 radical (unpaired) electrons. The van der Waals surface area contributed by atoms with Crippen LogP contribution in [0.5, 0.6) is 11.5 Å². The molecule has 0 unspecified atom stereocenters. The first-order chi connectivity index (χ1) is 13.6. The van der Waals surface area contributed by atoms with Crippen LogP contribution >= 0.6 is 0 Å². The highest BCUT2D eigenvalue weighted by molar-refractivity contribution is 6.31. The first-order valence-corrected chi connectivity index (χ1v) is 12.3. The minimum absolute atomic E-state index is 0.113. The summed E-state index contributed by atoms with van der Waals surface area (Å²) in [4.78, 5) is 0. The van der Waals surface area contributed by atoms with Crippen LogP contribution in [0.4, 0.5) is 0 Å². The summed E-state index contributed by atoms with van der Waals surface area (Å²) in [5.41, 5.74) is 5.47. The van der Waals surface area contributed by atoms with Gasteiger partial charge in [0, 0.05) is 6.10 Å². The molecule has 0 fully saturated rings. The maximum Gasteiger partial charge on any atom is 0.449 e. The fourth-order valence-corrected chi connectivity index (χ4v) is 5.48. The predicted octanol–water partition coefficient (Wildman–Crippen LogP) is 6.18. The average Bonchev–Trinajstić information content (AvgIpc) is 2.57. The number of hydrogen-bond donors (Lipinski definition) is 2. The number of phenols is 2. The van der Waals surface area contributed by atoms with Crippen molar-refractivity contribution < 1.29 is 14.0 Å². The van der Waals surface area contributed by atoms with E-state index < -0.39 is 15.6 Å². The van der Waals surface area contributed by atoms with Crippen LogP contribution in [0, 0.1) is 13.8 Å². The molecule has 164 valence electrons. The molecule has 3 nitrogen and oxygen atoms in total. The molecule has 2 N–H and O–H groups in total. The number of aromatic hydroxyl groups is 2. The van der Waals surface area contributed by atoms with E-state index in [0.717, 1.165) is 33.4 Å². The predicted molar refractivity (Wildman–Crippen MR) is 128 cm³/mol. The van der Waals surface area contributed by atoms with Gasteiger partial charge in [-0.05, 0) is 65.6 Å². The highest BCUT2D eigenvalue weighted by Crippen LogP contribution is 2.44. The van der Waals surface area contributed by atoms with Crippen LogP contribution in [0.2, 0.25) is 0 Å². The Morgan fingerprint density at radius 2 is 1.10 bits per heavy atom. The number of hydrogen-bond acceptors (Lipinski definition) is 3. The number of phenolic OH excluding ortho intramolecular Hbond substituents is 2. The van der Waals surface area contributed by atoms with Gasteiger partial charge in [0.05, 0.1) is 0 Å². The molecule has 0 aliphatic heterocycles. The summed E-state index contributed by atoms with van der Waals surface area (Å²) in [6, 6.07) is 8.25. The van der Waals surface area contributed by atoms with Crippen LogP contribution in [-0.4, -0.2) is 31.9 Å². The Balaban J connectivity index is 2.80. The Bertz CT molecular complexity index is 832. The highest BCUT2D eigenvalue weighted by Gasteiger charge is 2.31. The van der Waals surface area contributed by atoms with Gasteiger partial charge in [0.1, 0.15) is 11.5 Å². The zero-order valence-electron chi connectivity index (χ0n) is 20.5. The van der Waals surface area contributed by atoms with Crippen molar-refractivity contribution in [3.63, 3.8) is 0 Å². The van der Waals surface area contributed by atoms with Crippen molar-refractivity contribution in [2.75, 3.05) is 0 Å². The van der Waals surface area contributed by atoms with E-state index in [4.69, 9.17) is 3.79 Å². The summed E-state index contributed by atoms with van der Waals surface area (Å²) < 4.78 is 6.04. The summed E-state index contributed by atoms with van der Waals surface area (Å²) in [6.07, 6.45) is 0.113. The van der Waals surface area contributed by atoms with Crippen molar-refractivity contribution in [3.8, 4) is 11.5 Å². The summed E-state index contributed by atoms with van der Waals surface area (Å²) in [5, 5.41) is 22.6. The monoisotopic (exact) mass is 426 g/mol. The number of aryl methyl sites for hydroxylation is 2. The molecule has 2 aromatic carbocycles. The summed E-state index contributed by atoms with van der Waals surface area (Å²) >= 11 is -1.13. The summed E-state index contributed by atoms with van der Waals surface area (Å²) in [7, 11) is 0. The van der Waals surface area contributed by atoms with Crippen LogP contribution in [0.15, 0.2) is 24.3 Å². The zero-order valence-corrected chi connectivity index (χ0v) is 21.9. The van der Waals surface area contributed by atoms with E-state index in [-0.39, 0.29) is 21.7 Å². The van der Waals surface area contributed by atoms with Crippen LogP contribution < -0.4 is 0 Å². The lowest BCUT2D eigenvalue weighted by Gasteiger charge is -2.29. The van der Waals surface area contributed by atoms with Crippen LogP contribution in [0.3, 0.4) is 0 Å². The molecule has 4 heteroatoms. The van der Waals surface area contributed by atoms with E-state index in [0.29, 0.717) is 11.5 Å². The lowest BCUT2D eigenvalue weighted by Crippen LogP contribution is -2.21. The first kappa shape index (κ1) is 24.8. The molecule has 0 spiro atoms. The number of rotatable bonds is 5. The zero-order chi connectivity index (χ0) is 23.0. The van der Waals surface area contributed by atoms with Crippen molar-refractivity contribution in [1.29, 1.82) is 0 Å². The van der Waals surface area contributed by atoms with Gasteiger partial charge in [-0.2, -0.15) is 0 Å². The Morgan fingerprint density at radius 1 is 0.733 bits per heavy atom. The molecule has 0 bridgehead atoms. The SMILES string of the molecule is Cc1cc([CH]([AlH][O]C(C)C)c2cc(C)cc(C(C)(C)C)c2O)c(O)c(C(C)(C)C)c1. The molecule has 0 heterocycles. The second kappa shape index (κ2) is 8.95. The standard InChI is InChI=1S/C23H31O2.C3H7O.Al.H/c1-14-9-16(20(24)18(11-14)22(3,4)5)13-17-10-15(2)12-19(21(17)25)23(6,7)8;1-3(2)4;;/h9-13,24-25H,1-8H3;3H,1-2H3;;/q;-1;+1;. The number of benzene rings is 2. The lowest BCUT2D eigenvalue weighted by molar-refractivity contribution is 0.252. The van der Waals surface area contributed by atoms with Crippen LogP contribution in [0.1, 0.15) is 93.6 Å². The highest BCUT2D eigenvalue weighted by atomic mass is 27.1. The second-order valence-corrected chi connectivity index (χ2v) is 12.4. The first-order valence-electron chi connectivity index (χ1n) is 10.9. The maximum absolute atomic E-state index is 11.3. The van der Waals surface area contributed by atoms with Crippen molar-refractivity contribution in [2.45, 2.75) is 91.0 Å². The molecular weight excluding hydrogens is 387 g/mol. The Kier molecular flexibility index (Phi) is 7.40. The average molecular weight is 427 g/mol. The van der Waals surface area contributed by atoms with Gasteiger partial charge in [-0.3, -0.25) is 0 Å². The Morgan fingerprint density at radius 3 is 1.40 bits per heavy atom. The smallest absolute Gasteiger partial charge is 0.449 e. The molecule has 2 aromatic rings. The fraction of sp³-hybridized carbons (Fsp3) is 0.538. The molecule has 0 atom stereocenters. The molecule has 30 heavy (non-hydrogen) atoms. The van der Waals surface area contributed by atoms with Crippen LogP contribution in [0.25, 0.3) is 0 Å². The van der Waals surface area contributed by atoms with Crippen molar-refractivity contribution >= 4 is 15.6 Å². The Hall–Kier alpha value is -1.47. The van der Waals surface area contributed by atoms with Gasteiger partial charge in [0.15, 0.2) is 0 Å². The molecule has 0 aliphatic carbocycles. The second-order valence-electron chi connectivity index (χ2n) is 10.9. The third-order valence-corrected chi connectivity index (χ3v) is 7.60. The van der Waals surface area contributed by atoms with E-state index >= 15 is 0 Å². The lowest BCUT2D eigenvalue weighted by atomic mass is 9.81. The topological polar surface area (TPSA) is 49.7 Å². The third kappa shape index (κ3) is 5.61. The van der Waals surface area contributed by atoms with Gasteiger partial charge in [-0.1, -0.05) is 76.9 Å². The van der Waals surface area contributed by atoms with E-state index in [9.17, 15) is 10.2 Å². The van der Waals surface area contributed by atoms with Gasteiger partial charge in [-0.25, -0.2) is 0 Å². The summed E-state index contributed by atoms with van der Waals surface area (Å²) in [5.74, 6) is 0.660. The van der Waals surface area contributed by atoms with Gasteiger partial charge in [0.2, 0.25) is 0 Å². The van der Waals surface area contributed by atoms with Gasteiger partial charge in [-0.15, -0.1) is 0 Å². The fourth-order valence-electron chi connectivity index (χ4n) is 3.92. The van der Waals surface area contributed by atoms with Gasteiger partial charge < -0.3 is 14.0 Å². The minimum Gasteiger partial charge on any atom is -0.507 e. The Labute approximate surface area is 189 Å². The molecular formula is C26H39AlO3.